The Bertz CT molecular complexity index is 879. The fourth-order valence-electron chi connectivity index (χ4n) is 3.01. The van der Waals surface area contributed by atoms with Gasteiger partial charge in [-0.3, -0.25) is 4.79 Å². The third-order valence-corrected chi connectivity index (χ3v) is 4.56. The second kappa shape index (κ2) is 8.90. The quantitative estimate of drug-likeness (QED) is 0.533. The maximum absolute atomic E-state index is 12.6. The number of carbonyl (C=O) groups excluding carboxylic acids is 1. The summed E-state index contributed by atoms with van der Waals surface area (Å²) in [6.45, 7) is 2.74. The Morgan fingerprint density at radius 2 is 1.63 bits per heavy atom. The average Bonchev–Trinajstić information content (AvgIpc) is 2.72. The van der Waals surface area contributed by atoms with Gasteiger partial charge in [-0.05, 0) is 35.7 Å². The van der Waals surface area contributed by atoms with Gasteiger partial charge in [0.1, 0.15) is 0 Å². The van der Waals surface area contributed by atoms with E-state index in [0.29, 0.717) is 17.8 Å². The first-order valence-electron chi connectivity index (χ1n) is 9.20. The zero-order valence-corrected chi connectivity index (χ0v) is 15.5. The molecule has 0 spiro atoms. The molecule has 0 radical (unpaired) electrons. The van der Waals surface area contributed by atoms with E-state index in [4.69, 9.17) is 5.73 Å². The van der Waals surface area contributed by atoms with Crippen LogP contribution in [0.5, 0.6) is 0 Å². The van der Waals surface area contributed by atoms with Gasteiger partial charge >= 0.3 is 0 Å². The summed E-state index contributed by atoms with van der Waals surface area (Å²) in [6, 6.07) is 25.5. The van der Waals surface area contributed by atoms with Crippen LogP contribution in [0.3, 0.4) is 0 Å². The highest BCUT2D eigenvalue weighted by molar-refractivity contribution is 5.96. The van der Waals surface area contributed by atoms with Gasteiger partial charge in [0.05, 0.1) is 17.4 Å². The molecule has 3 aromatic rings. The minimum absolute atomic E-state index is 0.0178. The molecule has 1 amide bonds. The van der Waals surface area contributed by atoms with Crippen molar-refractivity contribution in [1.82, 2.24) is 5.32 Å². The highest BCUT2D eigenvalue weighted by Gasteiger charge is 2.14. The zero-order chi connectivity index (χ0) is 19.1. The third kappa shape index (κ3) is 4.88. The second-order valence-electron chi connectivity index (χ2n) is 6.49. The van der Waals surface area contributed by atoms with Crippen molar-refractivity contribution in [2.24, 2.45) is 0 Å². The average molecular weight is 359 g/mol. The Kier molecular flexibility index (Phi) is 6.10. The molecule has 3 rings (SSSR count). The van der Waals surface area contributed by atoms with Gasteiger partial charge in [-0.15, -0.1) is 0 Å². The standard InChI is InChI=1S/C23H25N3O/c1-2-21(18-11-7-4-8-12-18)26-23(27)19-13-14-22(20(24)15-19)25-16-17-9-5-3-6-10-17/h3-15,21,25H,2,16,24H2,1H3,(H,26,27)/t21-/m1/s1. The first-order valence-corrected chi connectivity index (χ1v) is 9.20. The molecule has 0 bridgehead atoms. The summed E-state index contributed by atoms with van der Waals surface area (Å²) in [7, 11) is 0. The van der Waals surface area contributed by atoms with Gasteiger partial charge < -0.3 is 16.4 Å². The molecule has 0 aromatic heterocycles. The van der Waals surface area contributed by atoms with E-state index in [-0.39, 0.29) is 11.9 Å². The molecule has 0 aliphatic heterocycles. The first kappa shape index (κ1) is 18.5. The Balaban J connectivity index is 1.66. The number of nitrogens with one attached hydrogen (secondary N) is 2. The molecule has 3 aromatic carbocycles. The summed E-state index contributed by atoms with van der Waals surface area (Å²) in [4.78, 5) is 12.6. The lowest BCUT2D eigenvalue weighted by Crippen LogP contribution is -2.28. The lowest BCUT2D eigenvalue weighted by atomic mass is 10.0. The number of nitrogens with two attached hydrogens (primary N) is 1. The molecule has 4 heteroatoms. The van der Waals surface area contributed by atoms with E-state index in [9.17, 15) is 4.79 Å². The molecule has 0 fully saturated rings. The lowest BCUT2D eigenvalue weighted by molar-refractivity contribution is 0.0935. The second-order valence-corrected chi connectivity index (χ2v) is 6.49. The molecule has 27 heavy (non-hydrogen) atoms. The van der Waals surface area contributed by atoms with Crippen molar-refractivity contribution < 1.29 is 4.79 Å². The first-order chi connectivity index (χ1) is 13.2. The van der Waals surface area contributed by atoms with Gasteiger partial charge in [-0.25, -0.2) is 0 Å². The van der Waals surface area contributed by atoms with Crippen molar-refractivity contribution in [1.29, 1.82) is 0 Å². The molecule has 0 aliphatic carbocycles. The number of carbonyl (C=O) groups is 1. The zero-order valence-electron chi connectivity index (χ0n) is 15.5. The largest absolute Gasteiger partial charge is 0.397 e. The van der Waals surface area contributed by atoms with Gasteiger partial charge in [-0.1, -0.05) is 67.6 Å². The predicted octanol–water partition coefficient (Wildman–Crippen LogP) is 4.76. The van der Waals surface area contributed by atoms with E-state index < -0.39 is 0 Å². The summed E-state index contributed by atoms with van der Waals surface area (Å²) in [5.74, 6) is -0.119. The van der Waals surface area contributed by atoms with Crippen LogP contribution in [-0.4, -0.2) is 5.91 Å². The minimum Gasteiger partial charge on any atom is -0.397 e. The molecule has 0 saturated carbocycles. The number of amides is 1. The van der Waals surface area contributed by atoms with E-state index in [1.54, 1.807) is 12.1 Å². The Hall–Kier alpha value is -3.27. The maximum atomic E-state index is 12.6. The molecule has 138 valence electrons. The van der Waals surface area contributed by atoms with Gasteiger partial charge in [0.15, 0.2) is 0 Å². The maximum Gasteiger partial charge on any atom is 0.251 e. The van der Waals surface area contributed by atoms with Crippen LogP contribution in [0.15, 0.2) is 78.9 Å². The van der Waals surface area contributed by atoms with Crippen molar-refractivity contribution >= 4 is 17.3 Å². The Morgan fingerprint density at radius 3 is 2.26 bits per heavy atom. The minimum atomic E-state index is -0.119. The SMILES string of the molecule is CC[C@@H](NC(=O)c1ccc(NCc2ccccc2)c(N)c1)c1ccccc1. The molecule has 0 saturated heterocycles. The van der Waals surface area contributed by atoms with Crippen LogP contribution < -0.4 is 16.4 Å². The van der Waals surface area contributed by atoms with Gasteiger partial charge in [0.25, 0.3) is 5.91 Å². The Labute approximate surface area is 160 Å². The number of nitrogen functional groups attached to an aromatic ring is 1. The van der Waals surface area contributed by atoms with Crippen LogP contribution in [0, 0.1) is 0 Å². The summed E-state index contributed by atoms with van der Waals surface area (Å²) in [5, 5.41) is 6.41. The van der Waals surface area contributed by atoms with Crippen LogP contribution in [-0.2, 0) is 6.54 Å². The molecular weight excluding hydrogens is 334 g/mol. The molecule has 4 nitrogen and oxygen atoms in total. The number of benzene rings is 3. The monoisotopic (exact) mass is 359 g/mol. The van der Waals surface area contributed by atoms with E-state index in [0.717, 1.165) is 17.7 Å². The summed E-state index contributed by atoms with van der Waals surface area (Å²) in [6.07, 6.45) is 0.821. The Morgan fingerprint density at radius 1 is 0.963 bits per heavy atom. The van der Waals surface area contributed by atoms with E-state index in [1.807, 2.05) is 54.6 Å². The van der Waals surface area contributed by atoms with Crippen molar-refractivity contribution in [3.8, 4) is 0 Å². The third-order valence-electron chi connectivity index (χ3n) is 4.56. The molecule has 1 atom stereocenters. The number of hydrogen-bond acceptors (Lipinski definition) is 3. The summed E-state index contributed by atoms with van der Waals surface area (Å²) < 4.78 is 0. The van der Waals surface area contributed by atoms with Crippen LogP contribution in [0.25, 0.3) is 0 Å². The fraction of sp³-hybridized carbons (Fsp3) is 0.174. The van der Waals surface area contributed by atoms with Gasteiger partial charge in [0.2, 0.25) is 0 Å². The summed E-state index contributed by atoms with van der Waals surface area (Å²) >= 11 is 0. The molecule has 0 aliphatic rings. The van der Waals surface area contributed by atoms with Crippen LogP contribution in [0.2, 0.25) is 0 Å². The molecule has 4 N–H and O–H groups in total. The van der Waals surface area contributed by atoms with Gasteiger partial charge in [-0.2, -0.15) is 0 Å². The summed E-state index contributed by atoms with van der Waals surface area (Å²) in [5.41, 5.74) is 10.4. The highest BCUT2D eigenvalue weighted by atomic mass is 16.1. The highest BCUT2D eigenvalue weighted by Crippen LogP contribution is 2.22. The van der Waals surface area contributed by atoms with Crippen molar-refractivity contribution in [2.45, 2.75) is 25.9 Å². The topological polar surface area (TPSA) is 67.2 Å². The van der Waals surface area contributed by atoms with Gasteiger partial charge in [0, 0.05) is 12.1 Å². The number of hydrogen-bond donors (Lipinski definition) is 3. The van der Waals surface area contributed by atoms with Crippen molar-refractivity contribution in [2.75, 3.05) is 11.1 Å². The molecule has 0 heterocycles. The number of anilines is 2. The predicted molar refractivity (Wildman–Crippen MR) is 112 cm³/mol. The van der Waals surface area contributed by atoms with Crippen molar-refractivity contribution in [3.05, 3.63) is 95.6 Å². The normalized spacial score (nSPS) is 11.6. The molecular formula is C23H25N3O. The smallest absolute Gasteiger partial charge is 0.251 e. The van der Waals surface area contributed by atoms with Crippen molar-refractivity contribution in [3.63, 3.8) is 0 Å². The van der Waals surface area contributed by atoms with E-state index in [2.05, 4.69) is 29.7 Å². The van der Waals surface area contributed by atoms with E-state index >= 15 is 0 Å². The van der Waals surface area contributed by atoms with Crippen LogP contribution in [0.4, 0.5) is 11.4 Å². The van der Waals surface area contributed by atoms with Crippen LogP contribution >= 0.6 is 0 Å². The van der Waals surface area contributed by atoms with E-state index in [1.165, 1.54) is 5.56 Å². The van der Waals surface area contributed by atoms with Crippen LogP contribution in [0.1, 0.15) is 40.9 Å². The molecule has 0 unspecified atom stereocenters. The fourth-order valence-corrected chi connectivity index (χ4v) is 3.01. The lowest BCUT2D eigenvalue weighted by Gasteiger charge is -2.18. The number of rotatable bonds is 7.